The van der Waals surface area contributed by atoms with Crippen molar-refractivity contribution in [1.82, 2.24) is 14.7 Å². The molecule has 2 aliphatic rings. The molecule has 1 aliphatic heterocycles. The second-order valence-electron chi connectivity index (χ2n) is 7.83. The summed E-state index contributed by atoms with van der Waals surface area (Å²) in [6.07, 6.45) is 4.02. The highest BCUT2D eigenvalue weighted by atomic mass is 19.1. The maximum Gasteiger partial charge on any atom is 0.303 e. The van der Waals surface area contributed by atoms with Crippen molar-refractivity contribution in [3.05, 3.63) is 46.5 Å². The van der Waals surface area contributed by atoms with Gasteiger partial charge < -0.3 is 10.0 Å². The Balaban J connectivity index is 1.60. The van der Waals surface area contributed by atoms with Gasteiger partial charge in [-0.2, -0.15) is 5.10 Å². The molecule has 1 amide bonds. The minimum absolute atomic E-state index is 0.117. The third-order valence-corrected chi connectivity index (χ3v) is 5.83. The molecule has 0 radical (unpaired) electrons. The number of carboxylic acids is 1. The second-order valence-corrected chi connectivity index (χ2v) is 7.83. The summed E-state index contributed by atoms with van der Waals surface area (Å²) < 4.78 is 16.0. The number of rotatable bonds is 4. The standard InChI is InChI=1S/C21H24FN3O3/c1-13-5-6-16(22)18(11-13)25-17-4-2-3-15(17)20(23-25)21(28)24-9-7-14(8-10-24)12-19(26)27/h5-6,11,14H,2-4,7-10,12H2,1H3,(H,26,27). The molecule has 6 nitrogen and oxygen atoms in total. The van der Waals surface area contributed by atoms with E-state index in [1.807, 2.05) is 6.92 Å². The molecular formula is C21H24FN3O3. The Morgan fingerprint density at radius 2 is 2.00 bits per heavy atom. The number of amides is 1. The molecule has 1 aromatic heterocycles. The van der Waals surface area contributed by atoms with Crippen molar-refractivity contribution in [3.63, 3.8) is 0 Å². The van der Waals surface area contributed by atoms with Gasteiger partial charge in [-0.1, -0.05) is 6.07 Å². The summed E-state index contributed by atoms with van der Waals surface area (Å²) in [5, 5.41) is 13.5. The lowest BCUT2D eigenvalue weighted by molar-refractivity contribution is -0.138. The lowest BCUT2D eigenvalue weighted by Gasteiger charge is -2.31. The fourth-order valence-electron chi connectivity index (χ4n) is 4.33. The van der Waals surface area contributed by atoms with E-state index >= 15 is 0 Å². The number of aryl methyl sites for hydroxylation is 1. The van der Waals surface area contributed by atoms with Crippen LogP contribution in [0.4, 0.5) is 4.39 Å². The number of benzene rings is 1. The SMILES string of the molecule is Cc1ccc(F)c(-n2nc(C(=O)N3CCC(CC(=O)O)CC3)c3c2CCC3)c1. The summed E-state index contributed by atoms with van der Waals surface area (Å²) in [5.41, 5.74) is 3.60. The smallest absolute Gasteiger partial charge is 0.303 e. The predicted molar refractivity (Wildman–Crippen MR) is 101 cm³/mol. The quantitative estimate of drug-likeness (QED) is 0.877. The number of fused-ring (bicyclic) bond motifs is 1. The molecule has 2 heterocycles. The molecule has 1 saturated heterocycles. The predicted octanol–water partition coefficient (Wildman–Crippen LogP) is 3.14. The Morgan fingerprint density at radius 1 is 1.25 bits per heavy atom. The van der Waals surface area contributed by atoms with Crippen molar-refractivity contribution in [2.75, 3.05) is 13.1 Å². The van der Waals surface area contributed by atoms with Gasteiger partial charge in [-0.25, -0.2) is 9.07 Å². The summed E-state index contributed by atoms with van der Waals surface area (Å²) in [7, 11) is 0. The van der Waals surface area contributed by atoms with Gasteiger partial charge in [0.25, 0.3) is 5.91 Å². The van der Waals surface area contributed by atoms with E-state index in [0.717, 1.165) is 36.1 Å². The third-order valence-electron chi connectivity index (χ3n) is 5.83. The fraction of sp³-hybridized carbons (Fsp3) is 0.476. The highest BCUT2D eigenvalue weighted by molar-refractivity contribution is 5.94. The molecule has 4 rings (SSSR count). The molecular weight excluding hydrogens is 361 g/mol. The Labute approximate surface area is 163 Å². The number of hydrogen-bond donors (Lipinski definition) is 1. The maximum atomic E-state index is 14.4. The van der Waals surface area contributed by atoms with E-state index in [-0.39, 0.29) is 24.1 Å². The van der Waals surface area contributed by atoms with Crippen LogP contribution in [0.5, 0.6) is 0 Å². The molecule has 0 atom stereocenters. The minimum Gasteiger partial charge on any atom is -0.481 e. The largest absolute Gasteiger partial charge is 0.481 e. The van der Waals surface area contributed by atoms with Crippen LogP contribution < -0.4 is 0 Å². The van der Waals surface area contributed by atoms with Gasteiger partial charge in [-0.3, -0.25) is 9.59 Å². The van der Waals surface area contributed by atoms with Crippen molar-refractivity contribution in [1.29, 1.82) is 0 Å². The van der Waals surface area contributed by atoms with Crippen LogP contribution in [0.15, 0.2) is 18.2 Å². The van der Waals surface area contributed by atoms with Crippen molar-refractivity contribution in [2.24, 2.45) is 5.92 Å². The molecule has 1 fully saturated rings. The van der Waals surface area contributed by atoms with Crippen LogP contribution in [0, 0.1) is 18.7 Å². The Morgan fingerprint density at radius 3 is 2.71 bits per heavy atom. The number of piperidine rings is 1. The first-order chi connectivity index (χ1) is 13.4. The molecule has 0 bridgehead atoms. The average molecular weight is 385 g/mol. The first-order valence-corrected chi connectivity index (χ1v) is 9.82. The van der Waals surface area contributed by atoms with Gasteiger partial charge >= 0.3 is 5.97 Å². The van der Waals surface area contributed by atoms with Crippen LogP contribution in [0.2, 0.25) is 0 Å². The van der Waals surface area contributed by atoms with Gasteiger partial charge in [-0.05, 0) is 62.6 Å². The van der Waals surface area contributed by atoms with Gasteiger partial charge in [0, 0.05) is 30.8 Å². The number of halogens is 1. The number of carbonyl (C=O) groups is 2. The van der Waals surface area contributed by atoms with Crippen molar-refractivity contribution < 1.29 is 19.1 Å². The molecule has 148 valence electrons. The number of carbonyl (C=O) groups excluding carboxylic acids is 1. The lowest BCUT2D eigenvalue weighted by Crippen LogP contribution is -2.39. The summed E-state index contributed by atoms with van der Waals surface area (Å²) in [6, 6.07) is 4.91. The first kappa shape index (κ1) is 18.7. The maximum absolute atomic E-state index is 14.4. The van der Waals surface area contributed by atoms with Crippen LogP contribution in [0.3, 0.4) is 0 Å². The topological polar surface area (TPSA) is 75.4 Å². The molecule has 2 aromatic rings. The normalized spacial score (nSPS) is 17.0. The molecule has 0 spiro atoms. The molecule has 1 aromatic carbocycles. The molecule has 28 heavy (non-hydrogen) atoms. The summed E-state index contributed by atoms with van der Waals surface area (Å²) in [4.78, 5) is 25.8. The van der Waals surface area contributed by atoms with Crippen LogP contribution >= 0.6 is 0 Å². The first-order valence-electron chi connectivity index (χ1n) is 9.82. The minimum atomic E-state index is -0.790. The van der Waals surface area contributed by atoms with Gasteiger partial charge in [0.2, 0.25) is 0 Å². The molecule has 0 unspecified atom stereocenters. The van der Waals surface area contributed by atoms with E-state index < -0.39 is 5.97 Å². The number of aliphatic carboxylic acids is 1. The summed E-state index contributed by atoms with van der Waals surface area (Å²) >= 11 is 0. The highest BCUT2D eigenvalue weighted by Crippen LogP contribution is 2.31. The van der Waals surface area contributed by atoms with Crippen LogP contribution in [0.25, 0.3) is 5.69 Å². The molecule has 1 aliphatic carbocycles. The van der Waals surface area contributed by atoms with E-state index in [2.05, 4.69) is 5.10 Å². The van der Waals surface area contributed by atoms with Gasteiger partial charge in [-0.15, -0.1) is 0 Å². The van der Waals surface area contributed by atoms with E-state index in [9.17, 15) is 14.0 Å². The number of nitrogens with zero attached hydrogens (tertiary/aromatic N) is 3. The van der Waals surface area contributed by atoms with Crippen LogP contribution in [0.1, 0.15) is 53.0 Å². The molecule has 7 heteroatoms. The zero-order valence-corrected chi connectivity index (χ0v) is 15.9. The Hall–Kier alpha value is -2.70. The van der Waals surface area contributed by atoms with E-state index in [0.29, 0.717) is 37.3 Å². The summed E-state index contributed by atoms with van der Waals surface area (Å²) in [5.74, 6) is -1.15. The zero-order chi connectivity index (χ0) is 19.8. The van der Waals surface area contributed by atoms with Crippen LogP contribution in [-0.4, -0.2) is 44.8 Å². The van der Waals surface area contributed by atoms with E-state index in [1.54, 1.807) is 21.7 Å². The second kappa shape index (κ2) is 7.37. The monoisotopic (exact) mass is 385 g/mol. The number of carboxylic acid groups (broad SMARTS) is 1. The van der Waals surface area contributed by atoms with Crippen molar-refractivity contribution in [2.45, 2.75) is 45.4 Å². The number of hydrogen-bond acceptors (Lipinski definition) is 3. The van der Waals surface area contributed by atoms with E-state index in [4.69, 9.17) is 5.11 Å². The lowest BCUT2D eigenvalue weighted by atomic mass is 9.93. The number of aromatic nitrogens is 2. The number of likely N-dealkylation sites (tertiary alicyclic amines) is 1. The van der Waals surface area contributed by atoms with Crippen molar-refractivity contribution in [3.8, 4) is 5.69 Å². The van der Waals surface area contributed by atoms with Gasteiger partial charge in [0.05, 0.1) is 0 Å². The fourth-order valence-corrected chi connectivity index (χ4v) is 4.33. The van der Waals surface area contributed by atoms with Crippen molar-refractivity contribution >= 4 is 11.9 Å². The molecule has 0 saturated carbocycles. The van der Waals surface area contributed by atoms with Crippen LogP contribution in [-0.2, 0) is 17.6 Å². The third kappa shape index (κ3) is 3.41. The Bertz CT molecular complexity index is 929. The van der Waals surface area contributed by atoms with E-state index in [1.165, 1.54) is 6.07 Å². The molecule has 1 N–H and O–H groups in total. The summed E-state index contributed by atoms with van der Waals surface area (Å²) in [6.45, 7) is 2.98. The van der Waals surface area contributed by atoms with Gasteiger partial charge in [0.1, 0.15) is 11.5 Å². The average Bonchev–Trinajstić information content (AvgIpc) is 3.26. The highest BCUT2D eigenvalue weighted by Gasteiger charge is 2.32. The Kier molecular flexibility index (Phi) is 4.91. The van der Waals surface area contributed by atoms with Gasteiger partial charge in [0.15, 0.2) is 5.69 Å². The zero-order valence-electron chi connectivity index (χ0n) is 15.9.